The van der Waals surface area contributed by atoms with Crippen molar-refractivity contribution in [1.82, 2.24) is 0 Å². The lowest BCUT2D eigenvalue weighted by Crippen LogP contribution is -2.13. The molecular formula is C14H23NO5. The average Bonchev–Trinajstić information content (AvgIpc) is 2.49. The Morgan fingerprint density at radius 3 is 2.20 bits per heavy atom. The first-order chi connectivity index (χ1) is 9.80. The van der Waals surface area contributed by atoms with E-state index in [-0.39, 0.29) is 20.0 Å². The molecule has 0 unspecified atom stereocenters. The normalized spacial score (nSPS) is 10.8. The Hall–Kier alpha value is -1.18. The van der Waals surface area contributed by atoms with Gasteiger partial charge in [0.25, 0.3) is 0 Å². The summed E-state index contributed by atoms with van der Waals surface area (Å²) in [5.41, 5.74) is 2.40. The molecule has 0 aliphatic heterocycles. The SMILES string of the molecule is COCOCCOCCNc1cc(CO)cc(CO)c1. The number of methoxy groups -OCH3 is 1. The van der Waals surface area contributed by atoms with Gasteiger partial charge in [-0.1, -0.05) is 6.07 Å². The predicted octanol–water partition coefficient (Wildman–Crippen LogP) is 0.720. The van der Waals surface area contributed by atoms with Crippen molar-refractivity contribution in [2.24, 2.45) is 0 Å². The fraction of sp³-hybridized carbons (Fsp3) is 0.571. The molecule has 20 heavy (non-hydrogen) atoms. The van der Waals surface area contributed by atoms with Crippen LogP contribution in [-0.4, -0.2) is 50.5 Å². The summed E-state index contributed by atoms with van der Waals surface area (Å²) in [6.45, 7) is 2.40. The van der Waals surface area contributed by atoms with E-state index in [0.29, 0.717) is 26.4 Å². The molecular weight excluding hydrogens is 262 g/mol. The van der Waals surface area contributed by atoms with E-state index in [0.717, 1.165) is 16.8 Å². The maximum absolute atomic E-state index is 9.14. The Labute approximate surface area is 119 Å². The van der Waals surface area contributed by atoms with Crippen molar-refractivity contribution in [2.45, 2.75) is 13.2 Å². The van der Waals surface area contributed by atoms with Gasteiger partial charge in [-0.25, -0.2) is 0 Å². The molecule has 0 spiro atoms. The molecule has 0 fully saturated rings. The summed E-state index contributed by atoms with van der Waals surface area (Å²) in [4.78, 5) is 0. The van der Waals surface area contributed by atoms with E-state index in [9.17, 15) is 0 Å². The quantitative estimate of drug-likeness (QED) is 0.411. The number of benzene rings is 1. The lowest BCUT2D eigenvalue weighted by Gasteiger charge is -2.10. The first-order valence-electron chi connectivity index (χ1n) is 6.53. The molecule has 0 atom stereocenters. The van der Waals surface area contributed by atoms with Crippen molar-refractivity contribution >= 4 is 5.69 Å². The first-order valence-corrected chi connectivity index (χ1v) is 6.53. The van der Waals surface area contributed by atoms with E-state index in [2.05, 4.69) is 5.32 Å². The molecule has 0 aliphatic carbocycles. The van der Waals surface area contributed by atoms with Crippen LogP contribution in [0.15, 0.2) is 18.2 Å². The Morgan fingerprint density at radius 2 is 1.60 bits per heavy atom. The summed E-state index contributed by atoms with van der Waals surface area (Å²) < 4.78 is 15.2. The second kappa shape index (κ2) is 10.6. The molecule has 6 heteroatoms. The molecule has 0 aromatic heterocycles. The zero-order chi connectivity index (χ0) is 14.6. The van der Waals surface area contributed by atoms with Crippen molar-refractivity contribution in [3.8, 4) is 0 Å². The summed E-state index contributed by atoms with van der Waals surface area (Å²) in [7, 11) is 1.58. The monoisotopic (exact) mass is 285 g/mol. The second-order valence-corrected chi connectivity index (χ2v) is 4.21. The second-order valence-electron chi connectivity index (χ2n) is 4.21. The van der Waals surface area contributed by atoms with Crippen LogP contribution in [0.5, 0.6) is 0 Å². The molecule has 1 aromatic carbocycles. The predicted molar refractivity (Wildman–Crippen MR) is 75.4 cm³/mol. The van der Waals surface area contributed by atoms with Crippen LogP contribution in [0.25, 0.3) is 0 Å². The van der Waals surface area contributed by atoms with Gasteiger partial charge in [0.1, 0.15) is 6.79 Å². The Kier molecular flexibility index (Phi) is 8.93. The minimum atomic E-state index is -0.0458. The zero-order valence-corrected chi connectivity index (χ0v) is 11.8. The van der Waals surface area contributed by atoms with Gasteiger partial charge in [0.05, 0.1) is 33.0 Å². The number of aliphatic hydroxyl groups is 2. The number of nitrogens with one attached hydrogen (secondary N) is 1. The van der Waals surface area contributed by atoms with Gasteiger partial charge < -0.3 is 29.7 Å². The van der Waals surface area contributed by atoms with Gasteiger partial charge in [0.15, 0.2) is 0 Å². The first kappa shape index (κ1) is 16.9. The minimum absolute atomic E-state index is 0.0458. The fourth-order valence-corrected chi connectivity index (χ4v) is 1.68. The molecule has 0 aliphatic rings. The van der Waals surface area contributed by atoms with Gasteiger partial charge in [-0.3, -0.25) is 0 Å². The third-order valence-electron chi connectivity index (χ3n) is 2.57. The molecule has 0 amide bonds. The Morgan fingerprint density at radius 1 is 0.950 bits per heavy atom. The third kappa shape index (κ3) is 6.83. The smallest absolute Gasteiger partial charge is 0.146 e. The zero-order valence-electron chi connectivity index (χ0n) is 11.8. The van der Waals surface area contributed by atoms with Gasteiger partial charge in [0, 0.05) is 19.3 Å². The molecule has 0 saturated heterocycles. The molecule has 1 rings (SSSR count). The largest absolute Gasteiger partial charge is 0.392 e. The summed E-state index contributed by atoms with van der Waals surface area (Å²) in [5.74, 6) is 0. The molecule has 6 nitrogen and oxygen atoms in total. The van der Waals surface area contributed by atoms with Crippen molar-refractivity contribution < 1.29 is 24.4 Å². The van der Waals surface area contributed by atoms with Crippen molar-refractivity contribution in [1.29, 1.82) is 0 Å². The average molecular weight is 285 g/mol. The highest BCUT2D eigenvalue weighted by atomic mass is 16.7. The van der Waals surface area contributed by atoms with Crippen molar-refractivity contribution in [3.05, 3.63) is 29.3 Å². The number of anilines is 1. The highest BCUT2D eigenvalue weighted by Crippen LogP contribution is 2.15. The van der Waals surface area contributed by atoms with Crippen LogP contribution in [0, 0.1) is 0 Å². The van der Waals surface area contributed by atoms with Gasteiger partial charge >= 0.3 is 0 Å². The molecule has 0 bridgehead atoms. The van der Waals surface area contributed by atoms with E-state index in [1.807, 2.05) is 12.1 Å². The van der Waals surface area contributed by atoms with Gasteiger partial charge in [0.2, 0.25) is 0 Å². The van der Waals surface area contributed by atoms with Crippen LogP contribution in [-0.2, 0) is 27.4 Å². The fourth-order valence-electron chi connectivity index (χ4n) is 1.68. The van der Waals surface area contributed by atoms with Gasteiger partial charge in [-0.2, -0.15) is 0 Å². The van der Waals surface area contributed by atoms with Crippen molar-refractivity contribution in [2.75, 3.05) is 45.6 Å². The van der Waals surface area contributed by atoms with E-state index in [1.165, 1.54) is 0 Å². The highest BCUT2D eigenvalue weighted by molar-refractivity contribution is 5.48. The van der Waals surface area contributed by atoms with Crippen LogP contribution in [0.1, 0.15) is 11.1 Å². The molecule has 0 radical (unpaired) electrons. The molecule has 114 valence electrons. The number of ether oxygens (including phenoxy) is 3. The van der Waals surface area contributed by atoms with Crippen LogP contribution < -0.4 is 5.32 Å². The van der Waals surface area contributed by atoms with E-state index >= 15 is 0 Å². The molecule has 3 N–H and O–H groups in total. The third-order valence-corrected chi connectivity index (χ3v) is 2.57. The topological polar surface area (TPSA) is 80.2 Å². The maximum atomic E-state index is 9.14. The summed E-state index contributed by atoms with van der Waals surface area (Å²) in [6.07, 6.45) is 0. The van der Waals surface area contributed by atoms with Crippen LogP contribution in [0.2, 0.25) is 0 Å². The lowest BCUT2D eigenvalue weighted by molar-refractivity contribution is -0.0498. The van der Waals surface area contributed by atoms with E-state index in [1.54, 1.807) is 13.2 Å². The van der Waals surface area contributed by atoms with Crippen LogP contribution in [0.3, 0.4) is 0 Å². The minimum Gasteiger partial charge on any atom is -0.392 e. The summed E-state index contributed by atoms with van der Waals surface area (Å²) in [6, 6.07) is 5.47. The Bertz CT molecular complexity index is 350. The number of hydrogen-bond acceptors (Lipinski definition) is 6. The molecule has 1 aromatic rings. The van der Waals surface area contributed by atoms with Crippen LogP contribution >= 0.6 is 0 Å². The van der Waals surface area contributed by atoms with E-state index < -0.39 is 0 Å². The summed E-state index contributed by atoms with van der Waals surface area (Å²) >= 11 is 0. The number of aliphatic hydroxyl groups excluding tert-OH is 2. The Balaban J connectivity index is 2.21. The highest BCUT2D eigenvalue weighted by Gasteiger charge is 2.00. The van der Waals surface area contributed by atoms with Crippen molar-refractivity contribution in [3.63, 3.8) is 0 Å². The number of hydrogen-bond donors (Lipinski definition) is 3. The lowest BCUT2D eigenvalue weighted by atomic mass is 10.1. The maximum Gasteiger partial charge on any atom is 0.146 e. The summed E-state index contributed by atoms with van der Waals surface area (Å²) in [5, 5.41) is 21.5. The number of rotatable bonds is 11. The molecule has 0 saturated carbocycles. The standard InChI is InChI=1S/C14H23NO5/c1-18-11-20-5-4-19-3-2-15-14-7-12(9-16)6-13(8-14)10-17/h6-8,15-17H,2-5,9-11H2,1H3. The van der Waals surface area contributed by atoms with Gasteiger partial charge in [-0.15, -0.1) is 0 Å². The van der Waals surface area contributed by atoms with Crippen LogP contribution in [0.4, 0.5) is 5.69 Å². The molecule has 0 heterocycles. The van der Waals surface area contributed by atoms with Gasteiger partial charge in [-0.05, 0) is 23.3 Å². The van der Waals surface area contributed by atoms with E-state index in [4.69, 9.17) is 24.4 Å².